The second-order valence-corrected chi connectivity index (χ2v) is 13.1. The van der Waals surface area contributed by atoms with Crippen LogP contribution in [-0.4, -0.2) is 59.9 Å². The molecule has 0 aromatic heterocycles. The first-order valence-electron chi connectivity index (χ1n) is 11.5. The van der Waals surface area contributed by atoms with Crippen molar-refractivity contribution in [2.24, 2.45) is 0 Å². The average molecular weight is 599 g/mol. The first kappa shape index (κ1) is 28.3. The average Bonchev–Trinajstić information content (AvgIpc) is 2.90. The van der Waals surface area contributed by atoms with Crippen molar-refractivity contribution in [3.05, 3.63) is 82.3 Å². The molecule has 0 unspecified atom stereocenters. The molecule has 1 amide bonds. The van der Waals surface area contributed by atoms with Gasteiger partial charge in [-0.2, -0.15) is 4.31 Å². The Hall–Kier alpha value is -2.67. The van der Waals surface area contributed by atoms with Gasteiger partial charge in [0.1, 0.15) is 6.54 Å². The van der Waals surface area contributed by atoms with Gasteiger partial charge in [-0.1, -0.05) is 47.0 Å². The van der Waals surface area contributed by atoms with E-state index < -0.39 is 32.5 Å². The van der Waals surface area contributed by atoms with Crippen LogP contribution >= 0.6 is 23.2 Å². The number of carbonyl (C=O) groups excluding carboxylic acids is 1. The summed E-state index contributed by atoms with van der Waals surface area (Å²) in [6.45, 7) is 2.39. The summed E-state index contributed by atoms with van der Waals surface area (Å²) in [6.07, 6.45) is 0. The summed E-state index contributed by atoms with van der Waals surface area (Å²) in [5.74, 6) is -0.666. The Morgan fingerprint density at radius 2 is 1.53 bits per heavy atom. The Labute approximate surface area is 232 Å². The van der Waals surface area contributed by atoms with Crippen molar-refractivity contribution < 1.29 is 26.4 Å². The maximum atomic E-state index is 13.6. The predicted octanol–water partition coefficient (Wildman–Crippen LogP) is 4.16. The molecule has 1 saturated heterocycles. The highest BCUT2D eigenvalue weighted by Gasteiger charge is 2.30. The zero-order chi connectivity index (χ0) is 27.5. The van der Waals surface area contributed by atoms with E-state index in [-0.39, 0.29) is 38.6 Å². The number of rotatable bonds is 8. The number of amides is 1. The summed E-state index contributed by atoms with van der Waals surface area (Å²) in [6, 6.07) is 16.3. The van der Waals surface area contributed by atoms with Crippen LogP contribution in [0.3, 0.4) is 0 Å². The minimum Gasteiger partial charge on any atom is -0.379 e. The van der Waals surface area contributed by atoms with Gasteiger partial charge in [-0.05, 0) is 55.5 Å². The van der Waals surface area contributed by atoms with Gasteiger partial charge in [-0.25, -0.2) is 16.8 Å². The van der Waals surface area contributed by atoms with Crippen molar-refractivity contribution in [2.45, 2.75) is 16.7 Å². The van der Waals surface area contributed by atoms with Crippen molar-refractivity contribution in [2.75, 3.05) is 42.5 Å². The second-order valence-electron chi connectivity index (χ2n) is 8.49. The van der Waals surface area contributed by atoms with Crippen LogP contribution in [0.4, 0.5) is 11.4 Å². The van der Waals surface area contributed by atoms with Crippen LogP contribution in [0.5, 0.6) is 0 Å². The van der Waals surface area contributed by atoms with E-state index in [2.05, 4.69) is 5.32 Å². The van der Waals surface area contributed by atoms with Crippen LogP contribution in [0.25, 0.3) is 0 Å². The highest BCUT2D eigenvalue weighted by molar-refractivity contribution is 7.93. The van der Waals surface area contributed by atoms with Crippen molar-refractivity contribution in [1.29, 1.82) is 0 Å². The predicted molar refractivity (Wildman–Crippen MR) is 147 cm³/mol. The zero-order valence-corrected chi connectivity index (χ0v) is 23.4. The maximum absolute atomic E-state index is 13.6. The number of sulfonamides is 2. The van der Waals surface area contributed by atoms with Gasteiger partial charge in [0, 0.05) is 18.8 Å². The number of anilines is 2. The second kappa shape index (κ2) is 11.6. The van der Waals surface area contributed by atoms with Crippen LogP contribution in [0.2, 0.25) is 10.0 Å². The molecule has 0 saturated carbocycles. The van der Waals surface area contributed by atoms with Crippen LogP contribution in [0, 0.1) is 6.92 Å². The van der Waals surface area contributed by atoms with Gasteiger partial charge in [0.2, 0.25) is 15.9 Å². The Bertz CT molecular complexity index is 1520. The first-order valence-corrected chi connectivity index (χ1v) is 15.1. The van der Waals surface area contributed by atoms with Gasteiger partial charge in [-0.15, -0.1) is 0 Å². The topological polar surface area (TPSA) is 113 Å². The first-order chi connectivity index (χ1) is 18.0. The number of halogens is 2. The Morgan fingerprint density at radius 1 is 0.921 bits per heavy atom. The fourth-order valence-electron chi connectivity index (χ4n) is 3.80. The van der Waals surface area contributed by atoms with Gasteiger partial charge < -0.3 is 10.1 Å². The van der Waals surface area contributed by atoms with Crippen molar-refractivity contribution in [3.8, 4) is 0 Å². The van der Waals surface area contributed by atoms with Crippen molar-refractivity contribution in [3.63, 3.8) is 0 Å². The molecule has 3 aromatic rings. The zero-order valence-electron chi connectivity index (χ0n) is 20.3. The van der Waals surface area contributed by atoms with E-state index in [4.69, 9.17) is 27.9 Å². The molecule has 0 bridgehead atoms. The number of hydrogen-bond donors (Lipinski definition) is 1. The molecule has 0 aliphatic carbocycles. The smallest absolute Gasteiger partial charge is 0.264 e. The van der Waals surface area contributed by atoms with Crippen LogP contribution in [-0.2, 0) is 29.6 Å². The monoisotopic (exact) mass is 597 g/mol. The number of morpholine rings is 1. The van der Waals surface area contributed by atoms with Crippen molar-refractivity contribution >= 4 is 60.5 Å². The van der Waals surface area contributed by atoms with Crippen molar-refractivity contribution in [1.82, 2.24) is 4.31 Å². The summed E-state index contributed by atoms with van der Waals surface area (Å²) in [5, 5.41) is 2.73. The number of hydrogen-bond acceptors (Lipinski definition) is 6. The Morgan fingerprint density at radius 3 is 2.16 bits per heavy atom. The third-order valence-corrected chi connectivity index (χ3v) is 10.3. The van der Waals surface area contributed by atoms with E-state index in [1.807, 2.05) is 6.92 Å². The number of aryl methyl sites for hydroxylation is 1. The Kier molecular flexibility index (Phi) is 8.65. The summed E-state index contributed by atoms with van der Waals surface area (Å²) < 4.78 is 60.2. The quantitative estimate of drug-likeness (QED) is 0.417. The third kappa shape index (κ3) is 6.14. The molecular weight excluding hydrogens is 573 g/mol. The van der Waals surface area contributed by atoms with E-state index in [0.29, 0.717) is 18.9 Å². The van der Waals surface area contributed by atoms with Gasteiger partial charge in [-0.3, -0.25) is 9.10 Å². The summed E-state index contributed by atoms with van der Waals surface area (Å²) in [4.78, 5) is 13.1. The molecular formula is C25H25Cl2N3O6S2. The highest BCUT2D eigenvalue weighted by atomic mass is 35.5. The van der Waals surface area contributed by atoms with E-state index in [9.17, 15) is 21.6 Å². The Balaban J connectivity index is 1.57. The molecule has 1 fully saturated rings. The SMILES string of the molecule is Cc1ccc(S(=O)(=O)N(CC(=O)Nc2ccc(S(=O)(=O)N3CCOCC3)cc2)c2cccc(Cl)c2Cl)cc1. The molecule has 13 heteroatoms. The van der Waals surface area contributed by atoms with Crippen LogP contribution in [0.15, 0.2) is 76.5 Å². The molecule has 0 radical (unpaired) electrons. The van der Waals surface area contributed by atoms with Crippen LogP contribution in [0.1, 0.15) is 5.56 Å². The van der Waals surface area contributed by atoms with E-state index in [1.54, 1.807) is 12.1 Å². The molecule has 0 atom stereocenters. The van der Waals surface area contributed by atoms with E-state index in [1.165, 1.54) is 58.9 Å². The standard InChI is InChI=1S/C25H25Cl2N3O6S2/c1-18-5-9-21(10-6-18)38(34,35)30(23-4-2-3-22(26)25(23)27)17-24(31)28-19-7-11-20(12-8-19)37(32,33)29-13-15-36-16-14-29/h2-12H,13-17H2,1H3,(H,28,31). The number of benzene rings is 3. The summed E-state index contributed by atoms with van der Waals surface area (Å²) in [5.41, 5.74) is 1.20. The van der Waals surface area contributed by atoms with Gasteiger partial charge in [0.05, 0.1) is 38.7 Å². The minimum absolute atomic E-state index is 0.0182. The van der Waals surface area contributed by atoms with E-state index in [0.717, 1.165) is 9.87 Å². The largest absolute Gasteiger partial charge is 0.379 e. The normalized spacial score (nSPS) is 14.7. The molecule has 4 rings (SSSR count). The van der Waals surface area contributed by atoms with Gasteiger partial charge in [0.25, 0.3) is 10.0 Å². The number of nitrogens with one attached hydrogen (secondary N) is 1. The molecule has 1 N–H and O–H groups in total. The van der Waals surface area contributed by atoms with Gasteiger partial charge >= 0.3 is 0 Å². The minimum atomic E-state index is -4.20. The lowest BCUT2D eigenvalue weighted by Gasteiger charge is -2.26. The lowest BCUT2D eigenvalue weighted by Crippen LogP contribution is -2.40. The lowest BCUT2D eigenvalue weighted by atomic mass is 10.2. The van der Waals surface area contributed by atoms with E-state index >= 15 is 0 Å². The molecule has 3 aromatic carbocycles. The number of nitrogens with zero attached hydrogens (tertiary/aromatic N) is 2. The molecule has 202 valence electrons. The fourth-order valence-corrected chi connectivity index (χ4v) is 7.09. The number of ether oxygens (including phenoxy) is 1. The van der Waals surface area contributed by atoms with Gasteiger partial charge in [0.15, 0.2) is 0 Å². The van der Waals surface area contributed by atoms with Crippen LogP contribution < -0.4 is 9.62 Å². The molecule has 1 aliphatic heterocycles. The maximum Gasteiger partial charge on any atom is 0.264 e. The highest BCUT2D eigenvalue weighted by Crippen LogP contribution is 2.35. The molecule has 1 aliphatic rings. The molecule has 1 heterocycles. The molecule has 9 nitrogen and oxygen atoms in total. The third-order valence-electron chi connectivity index (χ3n) is 5.84. The summed E-state index contributed by atoms with van der Waals surface area (Å²) in [7, 11) is -7.90. The molecule has 0 spiro atoms. The lowest BCUT2D eigenvalue weighted by molar-refractivity contribution is -0.114. The molecule has 38 heavy (non-hydrogen) atoms. The summed E-state index contributed by atoms with van der Waals surface area (Å²) >= 11 is 12.5. The fraction of sp³-hybridized carbons (Fsp3) is 0.240. The number of carbonyl (C=O) groups is 1.